The Bertz CT molecular complexity index is 812. The Balaban J connectivity index is -0.000000285. The van der Waals surface area contributed by atoms with Crippen LogP contribution in [0.1, 0.15) is 122 Å². The molecule has 0 saturated carbocycles. The predicted octanol–water partition coefficient (Wildman–Crippen LogP) is 1.23. The summed E-state index contributed by atoms with van der Waals surface area (Å²) in [7, 11) is 0. The summed E-state index contributed by atoms with van der Waals surface area (Å²) in [5, 5.41) is 32.9. The van der Waals surface area contributed by atoms with Crippen molar-refractivity contribution >= 4 is 52.6 Å². The van der Waals surface area contributed by atoms with Gasteiger partial charge in [0.05, 0.1) is 52.5 Å². The average molecular weight is 673 g/mol. The van der Waals surface area contributed by atoms with Gasteiger partial charge in [0.15, 0.2) is 17.3 Å². The topological polar surface area (TPSA) is 199 Å². The van der Waals surface area contributed by atoms with Crippen molar-refractivity contribution in [2.24, 2.45) is 16.2 Å². The number of carboxylic acids is 3. The van der Waals surface area contributed by atoms with Gasteiger partial charge in [-0.15, -0.1) is 0 Å². The maximum absolute atomic E-state index is 11.7. The van der Waals surface area contributed by atoms with E-state index in [0.717, 1.165) is 0 Å². The molecule has 0 spiro atoms. The maximum atomic E-state index is 11.7. The van der Waals surface area contributed by atoms with Crippen LogP contribution in [-0.4, -0.2) is 90.8 Å². The van der Waals surface area contributed by atoms with Crippen LogP contribution in [0, 0.1) is 16.2 Å². The summed E-state index contributed by atoms with van der Waals surface area (Å²) in [6.07, 6.45) is 1.21. The predicted molar refractivity (Wildman–Crippen MR) is 168 cm³/mol. The van der Waals surface area contributed by atoms with Crippen LogP contribution < -0.4 is 15.3 Å². The van der Waals surface area contributed by atoms with Gasteiger partial charge in [-0.05, 0) is 80.1 Å². The molecular weight excluding hydrogens is 615 g/mol. The standard InChI is InChI=1S/3C11H20O4.Al/c3*1-5-11(6-2,10(13)14)9(12)7-15-8(3)4;/h3*8H,5-7H2,1-4H3,(H,13,14);/q;;;+3/p-3. The van der Waals surface area contributed by atoms with E-state index in [4.69, 9.17) is 14.2 Å². The minimum absolute atomic E-state index is 0. The van der Waals surface area contributed by atoms with E-state index in [-0.39, 0.29) is 94.0 Å². The molecular formula is C33H57AlO12. The number of ketones is 3. The van der Waals surface area contributed by atoms with Crippen molar-refractivity contribution in [3.63, 3.8) is 0 Å². The fraction of sp³-hybridized carbons (Fsp3) is 0.818. The normalized spacial score (nSPS) is 11.5. The minimum atomic E-state index is -1.38. The maximum Gasteiger partial charge on any atom is 3.00 e. The molecule has 0 aromatic rings. The minimum Gasteiger partial charge on any atom is -0.549 e. The molecule has 0 fully saturated rings. The number of aliphatic carboxylic acids is 3. The first-order chi connectivity index (χ1) is 20.7. The number of hydrogen-bond donors (Lipinski definition) is 0. The molecule has 0 aromatic carbocycles. The van der Waals surface area contributed by atoms with Crippen LogP contribution in [-0.2, 0) is 43.0 Å². The number of ether oxygens (including phenoxy) is 3. The number of carboxylic acid groups (broad SMARTS) is 3. The van der Waals surface area contributed by atoms with E-state index in [1.54, 1.807) is 83.1 Å². The molecule has 0 amide bonds. The van der Waals surface area contributed by atoms with Gasteiger partial charge in [-0.25, -0.2) is 0 Å². The van der Waals surface area contributed by atoms with Crippen molar-refractivity contribution in [1.82, 2.24) is 0 Å². The van der Waals surface area contributed by atoms with Gasteiger partial charge < -0.3 is 43.9 Å². The average Bonchev–Trinajstić information content (AvgIpc) is 2.96. The molecule has 46 heavy (non-hydrogen) atoms. The van der Waals surface area contributed by atoms with E-state index >= 15 is 0 Å². The molecule has 13 heteroatoms. The van der Waals surface area contributed by atoms with Crippen LogP contribution in [0.2, 0.25) is 0 Å². The molecule has 0 saturated heterocycles. The second-order valence-electron chi connectivity index (χ2n) is 11.6. The third kappa shape index (κ3) is 15.6. The van der Waals surface area contributed by atoms with Crippen LogP contribution in [0.5, 0.6) is 0 Å². The molecule has 0 bridgehead atoms. The van der Waals surface area contributed by atoms with E-state index < -0.39 is 51.5 Å². The Labute approximate surface area is 286 Å². The number of carbonyl (C=O) groups is 6. The van der Waals surface area contributed by atoms with Gasteiger partial charge in [-0.2, -0.15) is 0 Å². The van der Waals surface area contributed by atoms with Gasteiger partial charge in [-0.1, -0.05) is 41.5 Å². The van der Waals surface area contributed by atoms with Gasteiger partial charge in [0.25, 0.3) is 0 Å². The second kappa shape index (κ2) is 24.9. The molecule has 0 heterocycles. The van der Waals surface area contributed by atoms with Gasteiger partial charge in [0.1, 0.15) is 19.8 Å². The summed E-state index contributed by atoms with van der Waals surface area (Å²) in [5.74, 6) is -5.11. The van der Waals surface area contributed by atoms with Crippen molar-refractivity contribution in [3.8, 4) is 0 Å². The van der Waals surface area contributed by atoms with Gasteiger partial charge in [0, 0.05) is 0 Å². The number of carbonyl (C=O) groups excluding carboxylic acids is 6. The second-order valence-corrected chi connectivity index (χ2v) is 11.6. The van der Waals surface area contributed by atoms with Crippen LogP contribution >= 0.6 is 0 Å². The molecule has 0 N–H and O–H groups in total. The van der Waals surface area contributed by atoms with Crippen molar-refractivity contribution in [2.45, 2.75) is 140 Å². The van der Waals surface area contributed by atoms with E-state index in [1.165, 1.54) is 0 Å². The van der Waals surface area contributed by atoms with E-state index in [2.05, 4.69) is 0 Å². The molecule has 0 radical (unpaired) electrons. The van der Waals surface area contributed by atoms with Gasteiger partial charge in [0.2, 0.25) is 0 Å². The largest absolute Gasteiger partial charge is 3.00 e. The molecule has 0 atom stereocenters. The Hall–Kier alpha value is -2.17. The molecule has 0 aliphatic heterocycles. The van der Waals surface area contributed by atoms with Crippen molar-refractivity contribution < 1.29 is 58.3 Å². The zero-order valence-electron chi connectivity index (χ0n) is 30.1. The van der Waals surface area contributed by atoms with Crippen LogP contribution in [0.4, 0.5) is 0 Å². The molecule has 12 nitrogen and oxygen atoms in total. The summed E-state index contributed by atoms with van der Waals surface area (Å²) in [5.41, 5.74) is -4.14. The third-order valence-corrected chi connectivity index (χ3v) is 8.04. The molecule has 0 unspecified atom stereocenters. The first kappa shape index (κ1) is 50.7. The first-order valence-electron chi connectivity index (χ1n) is 15.8. The Morgan fingerprint density at radius 1 is 0.435 bits per heavy atom. The van der Waals surface area contributed by atoms with Crippen molar-refractivity contribution in [3.05, 3.63) is 0 Å². The third-order valence-electron chi connectivity index (χ3n) is 8.04. The summed E-state index contributed by atoms with van der Waals surface area (Å²) in [4.78, 5) is 68.1. The van der Waals surface area contributed by atoms with Crippen LogP contribution in [0.3, 0.4) is 0 Å². The Morgan fingerprint density at radius 3 is 0.674 bits per heavy atom. The Morgan fingerprint density at radius 2 is 0.587 bits per heavy atom. The van der Waals surface area contributed by atoms with E-state index in [1.807, 2.05) is 0 Å². The first-order valence-corrected chi connectivity index (χ1v) is 15.8. The van der Waals surface area contributed by atoms with Crippen LogP contribution in [0.25, 0.3) is 0 Å². The summed E-state index contributed by atoms with van der Waals surface area (Å²) in [6, 6.07) is 0. The fourth-order valence-electron chi connectivity index (χ4n) is 4.28. The quantitative estimate of drug-likeness (QED) is 0.125. The monoisotopic (exact) mass is 672 g/mol. The number of Topliss-reactive ketones (excluding diaryl/α,β-unsaturated/α-hetero) is 3. The zero-order valence-corrected chi connectivity index (χ0v) is 31.2. The van der Waals surface area contributed by atoms with Gasteiger partial charge in [-0.3, -0.25) is 14.4 Å². The Kier molecular flexibility index (Phi) is 27.5. The van der Waals surface area contributed by atoms with Crippen molar-refractivity contribution in [2.75, 3.05) is 19.8 Å². The molecule has 0 rings (SSSR count). The van der Waals surface area contributed by atoms with E-state index in [0.29, 0.717) is 0 Å². The zero-order chi connectivity index (χ0) is 36.2. The smallest absolute Gasteiger partial charge is 0.549 e. The summed E-state index contributed by atoms with van der Waals surface area (Å²) < 4.78 is 15.4. The number of rotatable bonds is 21. The van der Waals surface area contributed by atoms with Crippen LogP contribution in [0.15, 0.2) is 0 Å². The molecule has 264 valence electrons. The number of hydrogen-bond acceptors (Lipinski definition) is 12. The molecule has 0 aromatic heterocycles. The molecule has 0 aliphatic carbocycles. The van der Waals surface area contributed by atoms with Crippen molar-refractivity contribution in [1.29, 1.82) is 0 Å². The fourth-order valence-corrected chi connectivity index (χ4v) is 4.28. The summed E-state index contributed by atoms with van der Waals surface area (Å²) in [6.45, 7) is 20.3. The molecule has 0 aliphatic rings. The SMILES string of the molecule is CCC(CC)(C(=O)[O-])C(=O)COC(C)C.CCC(CC)(C(=O)[O-])C(=O)COC(C)C.CCC(CC)(C(=O)[O-])C(=O)COC(C)C.[Al+3]. The summed E-state index contributed by atoms with van der Waals surface area (Å²) >= 11 is 0. The van der Waals surface area contributed by atoms with E-state index in [9.17, 15) is 44.1 Å². The van der Waals surface area contributed by atoms with Gasteiger partial charge >= 0.3 is 17.4 Å².